The summed E-state index contributed by atoms with van der Waals surface area (Å²) in [5, 5.41) is 3.98. The third kappa shape index (κ3) is 3.32. The number of carbonyl (C=O) groups excluding carboxylic acids is 1. The maximum absolute atomic E-state index is 13.0. The number of hydrogen-bond donors (Lipinski definition) is 0. The van der Waals surface area contributed by atoms with Crippen molar-refractivity contribution in [2.24, 2.45) is 11.8 Å². The molecule has 2 fully saturated rings. The number of nitrogens with zero attached hydrogens (tertiary/aromatic N) is 3. The molecule has 4 rings (SSSR count). The maximum Gasteiger partial charge on any atom is 0.227 e. The summed E-state index contributed by atoms with van der Waals surface area (Å²) in [6.45, 7) is 1.66. The van der Waals surface area contributed by atoms with Gasteiger partial charge in [0, 0.05) is 31.0 Å². The third-order valence-electron chi connectivity index (χ3n) is 4.89. The molecule has 1 aliphatic heterocycles. The molecule has 5 nitrogen and oxygen atoms in total. The fourth-order valence-corrected chi connectivity index (χ4v) is 3.25. The molecule has 2 aliphatic rings. The Morgan fingerprint density at radius 1 is 1.17 bits per heavy atom. The van der Waals surface area contributed by atoms with Gasteiger partial charge in [-0.3, -0.25) is 4.79 Å². The van der Waals surface area contributed by atoms with Crippen molar-refractivity contribution < 1.29 is 13.7 Å². The molecule has 6 heteroatoms. The molecule has 1 aromatic carbocycles. The van der Waals surface area contributed by atoms with Crippen LogP contribution >= 0.6 is 0 Å². The van der Waals surface area contributed by atoms with E-state index in [0.29, 0.717) is 29.5 Å². The smallest absolute Gasteiger partial charge is 0.227 e. The van der Waals surface area contributed by atoms with E-state index in [9.17, 15) is 9.18 Å². The van der Waals surface area contributed by atoms with Crippen LogP contribution in [0.15, 0.2) is 28.8 Å². The molecule has 126 valence electrons. The zero-order chi connectivity index (χ0) is 16.5. The first-order chi connectivity index (χ1) is 11.7. The van der Waals surface area contributed by atoms with Crippen LogP contribution < -0.4 is 0 Å². The lowest BCUT2D eigenvalue weighted by atomic mass is 9.93. The second-order valence-electron chi connectivity index (χ2n) is 6.77. The van der Waals surface area contributed by atoms with Crippen molar-refractivity contribution in [1.29, 1.82) is 0 Å². The zero-order valence-corrected chi connectivity index (χ0v) is 13.4. The SMILES string of the molecule is O=C(C1CC1)N1CCC(Cc2nc(-c3ccc(F)cc3)no2)CC1. The van der Waals surface area contributed by atoms with Crippen LogP contribution in [0.5, 0.6) is 0 Å². The topological polar surface area (TPSA) is 59.2 Å². The predicted molar refractivity (Wildman–Crippen MR) is 85.4 cm³/mol. The summed E-state index contributed by atoms with van der Waals surface area (Å²) in [5.74, 6) is 1.93. The first-order valence-electron chi connectivity index (χ1n) is 8.56. The lowest BCUT2D eigenvalue weighted by molar-refractivity contribution is -0.133. The maximum atomic E-state index is 13.0. The van der Waals surface area contributed by atoms with Crippen molar-refractivity contribution in [1.82, 2.24) is 15.0 Å². The minimum atomic E-state index is -0.282. The van der Waals surface area contributed by atoms with Crippen molar-refractivity contribution in [3.05, 3.63) is 36.0 Å². The second kappa shape index (κ2) is 6.34. The molecule has 24 heavy (non-hydrogen) atoms. The Bertz CT molecular complexity index is 716. The molecule has 2 heterocycles. The highest BCUT2D eigenvalue weighted by molar-refractivity contribution is 5.81. The second-order valence-corrected chi connectivity index (χ2v) is 6.77. The van der Waals surface area contributed by atoms with E-state index in [1.165, 1.54) is 12.1 Å². The predicted octanol–water partition coefficient (Wildman–Crippen LogP) is 3.07. The number of halogens is 1. The Morgan fingerprint density at radius 2 is 1.88 bits per heavy atom. The lowest BCUT2D eigenvalue weighted by Gasteiger charge is -2.31. The molecule has 1 aliphatic carbocycles. The molecule has 2 aromatic rings. The number of amides is 1. The van der Waals surface area contributed by atoms with Gasteiger partial charge in [-0.15, -0.1) is 0 Å². The van der Waals surface area contributed by atoms with Gasteiger partial charge in [0.15, 0.2) is 0 Å². The Labute approximate surface area is 139 Å². The Morgan fingerprint density at radius 3 is 2.54 bits per heavy atom. The van der Waals surface area contributed by atoms with E-state index in [1.54, 1.807) is 12.1 Å². The van der Waals surface area contributed by atoms with Crippen LogP contribution in [0, 0.1) is 17.7 Å². The van der Waals surface area contributed by atoms with Crippen molar-refractivity contribution >= 4 is 5.91 Å². The number of piperidine rings is 1. The average Bonchev–Trinajstić information content (AvgIpc) is 3.35. The fourth-order valence-electron chi connectivity index (χ4n) is 3.25. The van der Waals surface area contributed by atoms with E-state index in [2.05, 4.69) is 10.1 Å². The largest absolute Gasteiger partial charge is 0.342 e. The van der Waals surface area contributed by atoms with E-state index < -0.39 is 0 Å². The van der Waals surface area contributed by atoms with Crippen LogP contribution in [0.3, 0.4) is 0 Å². The fraction of sp³-hybridized carbons (Fsp3) is 0.500. The third-order valence-corrected chi connectivity index (χ3v) is 4.89. The molecule has 0 atom stereocenters. The Balaban J connectivity index is 1.33. The van der Waals surface area contributed by atoms with Crippen LogP contribution in [0.2, 0.25) is 0 Å². The normalized spacial score (nSPS) is 18.8. The highest BCUT2D eigenvalue weighted by Gasteiger charge is 2.35. The molecule has 0 bridgehead atoms. The molecule has 1 saturated heterocycles. The summed E-state index contributed by atoms with van der Waals surface area (Å²) < 4.78 is 18.3. The molecule has 0 N–H and O–H groups in total. The lowest BCUT2D eigenvalue weighted by Crippen LogP contribution is -2.39. The van der Waals surface area contributed by atoms with Gasteiger partial charge < -0.3 is 9.42 Å². The zero-order valence-electron chi connectivity index (χ0n) is 13.4. The molecule has 0 unspecified atom stereocenters. The molecule has 0 radical (unpaired) electrons. The molecular formula is C18H20FN3O2. The summed E-state index contributed by atoms with van der Waals surface area (Å²) in [5.41, 5.74) is 0.747. The number of rotatable bonds is 4. The number of hydrogen-bond acceptors (Lipinski definition) is 4. The number of carbonyl (C=O) groups is 1. The monoisotopic (exact) mass is 329 g/mol. The summed E-state index contributed by atoms with van der Waals surface area (Å²) in [4.78, 5) is 18.5. The van der Waals surface area contributed by atoms with Gasteiger partial charge in [-0.2, -0.15) is 4.98 Å². The van der Waals surface area contributed by atoms with Gasteiger partial charge in [-0.25, -0.2) is 4.39 Å². The van der Waals surface area contributed by atoms with Gasteiger partial charge in [0.05, 0.1) is 0 Å². The number of likely N-dealkylation sites (tertiary alicyclic amines) is 1. The summed E-state index contributed by atoms with van der Waals surface area (Å²) in [7, 11) is 0. The van der Waals surface area contributed by atoms with Crippen LogP contribution in [0.4, 0.5) is 4.39 Å². The first-order valence-corrected chi connectivity index (χ1v) is 8.56. The number of aromatic nitrogens is 2. The quantitative estimate of drug-likeness (QED) is 0.865. The average molecular weight is 329 g/mol. The van der Waals surface area contributed by atoms with E-state index in [0.717, 1.165) is 50.8 Å². The highest BCUT2D eigenvalue weighted by atomic mass is 19.1. The first kappa shape index (κ1) is 15.3. The Hall–Kier alpha value is -2.24. The molecule has 1 aromatic heterocycles. The van der Waals surface area contributed by atoms with Crippen LogP contribution in [-0.2, 0) is 11.2 Å². The van der Waals surface area contributed by atoms with Crippen molar-refractivity contribution in [3.63, 3.8) is 0 Å². The van der Waals surface area contributed by atoms with E-state index in [1.807, 2.05) is 4.90 Å². The van der Waals surface area contributed by atoms with Crippen LogP contribution in [-0.4, -0.2) is 34.0 Å². The van der Waals surface area contributed by atoms with Crippen molar-refractivity contribution in [3.8, 4) is 11.4 Å². The van der Waals surface area contributed by atoms with Crippen LogP contribution in [0.25, 0.3) is 11.4 Å². The van der Waals surface area contributed by atoms with Gasteiger partial charge in [0.25, 0.3) is 0 Å². The summed E-state index contributed by atoms with van der Waals surface area (Å²) in [6, 6.07) is 6.06. The van der Waals surface area contributed by atoms with Gasteiger partial charge >= 0.3 is 0 Å². The van der Waals surface area contributed by atoms with Gasteiger partial charge in [-0.05, 0) is 55.9 Å². The molecule has 1 saturated carbocycles. The molecule has 0 spiro atoms. The summed E-state index contributed by atoms with van der Waals surface area (Å²) >= 11 is 0. The van der Waals surface area contributed by atoms with E-state index in [-0.39, 0.29) is 5.82 Å². The highest BCUT2D eigenvalue weighted by Crippen LogP contribution is 2.33. The standard InChI is InChI=1S/C18H20FN3O2/c19-15-5-3-13(4-6-15)17-20-16(24-21-17)11-12-7-9-22(10-8-12)18(23)14-1-2-14/h3-6,12,14H,1-2,7-11H2. The van der Waals surface area contributed by atoms with Crippen LogP contribution in [0.1, 0.15) is 31.6 Å². The minimum absolute atomic E-state index is 0.282. The Kier molecular flexibility index (Phi) is 4.04. The van der Waals surface area contributed by atoms with E-state index in [4.69, 9.17) is 4.52 Å². The molecular weight excluding hydrogens is 309 g/mol. The van der Waals surface area contributed by atoms with Gasteiger partial charge in [-0.1, -0.05) is 5.16 Å². The molecule has 1 amide bonds. The van der Waals surface area contributed by atoms with Crippen molar-refractivity contribution in [2.75, 3.05) is 13.1 Å². The van der Waals surface area contributed by atoms with Gasteiger partial charge in [0.1, 0.15) is 5.82 Å². The summed E-state index contributed by atoms with van der Waals surface area (Å²) in [6.07, 6.45) is 4.82. The van der Waals surface area contributed by atoms with Crippen molar-refractivity contribution in [2.45, 2.75) is 32.1 Å². The van der Waals surface area contributed by atoms with E-state index >= 15 is 0 Å². The minimum Gasteiger partial charge on any atom is -0.342 e. The van der Waals surface area contributed by atoms with Gasteiger partial charge in [0.2, 0.25) is 17.6 Å². The number of benzene rings is 1.